The zero-order chi connectivity index (χ0) is 17.0. The number of rotatable bonds is 19. The summed E-state index contributed by atoms with van der Waals surface area (Å²) < 4.78 is 0. The molecule has 140 valence electrons. The lowest BCUT2D eigenvalue weighted by atomic mass is 10.0. The van der Waals surface area contributed by atoms with Crippen LogP contribution in [0.5, 0.6) is 0 Å². The molecule has 3 heteroatoms. The van der Waals surface area contributed by atoms with E-state index in [-0.39, 0.29) is 6.10 Å². The molecule has 0 radical (unpaired) electrons. The molecule has 23 heavy (non-hydrogen) atoms. The van der Waals surface area contributed by atoms with Gasteiger partial charge in [-0.3, -0.25) is 0 Å². The lowest BCUT2D eigenvalue weighted by Crippen LogP contribution is -2.14. The van der Waals surface area contributed by atoms with Gasteiger partial charge in [-0.05, 0) is 13.3 Å². The Hall–Kier alpha value is -0.120. The van der Waals surface area contributed by atoms with Gasteiger partial charge in [0, 0.05) is 6.54 Å². The monoisotopic (exact) mass is 329 g/mol. The number of nitrogens with two attached hydrogens (primary N) is 1. The van der Waals surface area contributed by atoms with E-state index in [0.29, 0.717) is 13.2 Å². The molecule has 0 fully saturated rings. The fraction of sp³-hybridized carbons (Fsp3) is 1.00. The van der Waals surface area contributed by atoms with Crippen LogP contribution in [0.25, 0.3) is 0 Å². The summed E-state index contributed by atoms with van der Waals surface area (Å²) in [7, 11) is 0. The molecule has 1 unspecified atom stereocenters. The predicted octanol–water partition coefficient (Wildman–Crippen LogP) is 6.15. The van der Waals surface area contributed by atoms with Gasteiger partial charge in [0.1, 0.15) is 0 Å². The highest BCUT2D eigenvalue weighted by Crippen LogP contribution is 2.14. The van der Waals surface area contributed by atoms with Crippen LogP contribution in [-0.4, -0.2) is 19.3 Å². The van der Waals surface area contributed by atoms with E-state index in [9.17, 15) is 0 Å². The van der Waals surface area contributed by atoms with Crippen molar-refractivity contribution in [2.45, 2.75) is 116 Å². The minimum Gasteiger partial charge on any atom is -0.328 e. The zero-order valence-electron chi connectivity index (χ0n) is 16.0. The van der Waals surface area contributed by atoms with Crippen LogP contribution in [0.1, 0.15) is 110 Å². The molecule has 3 nitrogen and oxygen atoms in total. The van der Waals surface area contributed by atoms with E-state index in [0.717, 1.165) is 6.42 Å². The van der Waals surface area contributed by atoms with Crippen molar-refractivity contribution in [2.75, 3.05) is 13.2 Å². The summed E-state index contributed by atoms with van der Waals surface area (Å²) in [5, 5.41) is 0. The normalized spacial score (nSPS) is 12.7. The van der Waals surface area contributed by atoms with Crippen molar-refractivity contribution in [3.8, 4) is 0 Å². The van der Waals surface area contributed by atoms with Crippen LogP contribution in [-0.2, 0) is 9.78 Å². The second-order valence-electron chi connectivity index (χ2n) is 6.90. The lowest BCUT2D eigenvalue weighted by molar-refractivity contribution is -0.319. The topological polar surface area (TPSA) is 44.5 Å². The first-order valence-corrected chi connectivity index (χ1v) is 10.3. The second-order valence-corrected chi connectivity index (χ2v) is 6.90. The van der Waals surface area contributed by atoms with Crippen molar-refractivity contribution in [1.29, 1.82) is 0 Å². The Kier molecular flexibility index (Phi) is 19.8. The van der Waals surface area contributed by atoms with E-state index >= 15 is 0 Å². The van der Waals surface area contributed by atoms with Crippen LogP contribution in [0.2, 0.25) is 0 Å². The van der Waals surface area contributed by atoms with E-state index in [1.807, 2.05) is 0 Å². The average molecular weight is 330 g/mol. The summed E-state index contributed by atoms with van der Waals surface area (Å²) >= 11 is 0. The Morgan fingerprint density at radius 3 is 1.57 bits per heavy atom. The van der Waals surface area contributed by atoms with Gasteiger partial charge >= 0.3 is 0 Å². The fourth-order valence-corrected chi connectivity index (χ4v) is 2.89. The van der Waals surface area contributed by atoms with Crippen LogP contribution >= 0.6 is 0 Å². The summed E-state index contributed by atoms with van der Waals surface area (Å²) in [6.07, 6.45) is 20.9. The molecule has 0 heterocycles. The molecule has 0 aliphatic rings. The Morgan fingerprint density at radius 2 is 1.13 bits per heavy atom. The van der Waals surface area contributed by atoms with Gasteiger partial charge in [0.05, 0.1) is 12.7 Å². The molecule has 0 amide bonds. The minimum atomic E-state index is 0.193. The van der Waals surface area contributed by atoms with Crippen LogP contribution in [0.3, 0.4) is 0 Å². The van der Waals surface area contributed by atoms with Crippen LogP contribution in [0, 0.1) is 0 Å². The molecule has 0 saturated heterocycles. The molecule has 0 aromatic carbocycles. The third kappa shape index (κ3) is 19.8. The van der Waals surface area contributed by atoms with Crippen molar-refractivity contribution in [3.05, 3.63) is 0 Å². The summed E-state index contributed by atoms with van der Waals surface area (Å²) in [5.41, 5.74) is 5.34. The van der Waals surface area contributed by atoms with E-state index in [1.165, 1.54) is 89.9 Å². The molecule has 0 bridgehead atoms. The van der Waals surface area contributed by atoms with Gasteiger partial charge in [0.15, 0.2) is 0 Å². The maximum Gasteiger partial charge on any atom is 0.0944 e. The summed E-state index contributed by atoms with van der Waals surface area (Å²) in [5.74, 6) is 0. The van der Waals surface area contributed by atoms with Gasteiger partial charge in [-0.1, -0.05) is 96.8 Å². The van der Waals surface area contributed by atoms with E-state index in [1.54, 1.807) is 0 Å². The Bertz CT molecular complexity index is 212. The quantitative estimate of drug-likeness (QED) is 0.175. The van der Waals surface area contributed by atoms with Gasteiger partial charge in [0.25, 0.3) is 0 Å². The first kappa shape index (κ1) is 22.9. The molecular weight excluding hydrogens is 286 g/mol. The molecule has 0 spiro atoms. The zero-order valence-corrected chi connectivity index (χ0v) is 16.0. The maximum atomic E-state index is 5.34. The van der Waals surface area contributed by atoms with Crippen molar-refractivity contribution in [1.82, 2.24) is 0 Å². The highest BCUT2D eigenvalue weighted by atomic mass is 17.2. The number of hydrogen-bond acceptors (Lipinski definition) is 3. The molecule has 1 atom stereocenters. The molecule has 0 rings (SSSR count). The first-order valence-electron chi connectivity index (χ1n) is 10.3. The predicted molar refractivity (Wildman–Crippen MR) is 100 cm³/mol. The highest BCUT2D eigenvalue weighted by molar-refractivity contribution is 4.52. The molecule has 0 aliphatic carbocycles. The summed E-state index contributed by atoms with van der Waals surface area (Å²) in [4.78, 5) is 10.2. The van der Waals surface area contributed by atoms with Crippen molar-refractivity contribution in [2.24, 2.45) is 5.73 Å². The SMILES string of the molecule is CCCCCCCCCCCCCCCCC(C)OOCCN. The maximum absolute atomic E-state index is 5.34. The Balaban J connectivity index is 3.05. The molecule has 0 aromatic heterocycles. The number of hydrogen-bond donors (Lipinski definition) is 1. The van der Waals surface area contributed by atoms with Gasteiger partial charge in [-0.25, -0.2) is 9.78 Å². The lowest BCUT2D eigenvalue weighted by Gasteiger charge is -2.11. The van der Waals surface area contributed by atoms with E-state index in [2.05, 4.69) is 13.8 Å². The average Bonchev–Trinajstić information content (AvgIpc) is 2.55. The standard InChI is InChI=1S/C20H43NO2/c1-3-4-5-6-7-8-9-10-11-12-13-14-15-16-17-20(2)23-22-19-18-21/h20H,3-19,21H2,1-2H3. The summed E-state index contributed by atoms with van der Waals surface area (Å²) in [6, 6.07) is 0. The van der Waals surface area contributed by atoms with Gasteiger partial charge in [-0.15, -0.1) is 0 Å². The van der Waals surface area contributed by atoms with Crippen molar-refractivity contribution in [3.63, 3.8) is 0 Å². The fourth-order valence-electron chi connectivity index (χ4n) is 2.89. The third-order valence-corrected chi connectivity index (χ3v) is 4.40. The second kappa shape index (κ2) is 19.9. The van der Waals surface area contributed by atoms with Crippen LogP contribution < -0.4 is 5.73 Å². The molecule has 0 aromatic rings. The number of unbranched alkanes of at least 4 members (excludes halogenated alkanes) is 13. The Labute approximate surface area is 145 Å². The van der Waals surface area contributed by atoms with E-state index in [4.69, 9.17) is 15.5 Å². The third-order valence-electron chi connectivity index (χ3n) is 4.40. The highest BCUT2D eigenvalue weighted by Gasteiger charge is 2.02. The largest absolute Gasteiger partial charge is 0.328 e. The first-order chi connectivity index (χ1) is 11.3. The van der Waals surface area contributed by atoms with Crippen molar-refractivity contribution >= 4 is 0 Å². The van der Waals surface area contributed by atoms with E-state index < -0.39 is 0 Å². The molecule has 0 aliphatic heterocycles. The van der Waals surface area contributed by atoms with Gasteiger partial charge < -0.3 is 5.73 Å². The molecule has 2 N–H and O–H groups in total. The smallest absolute Gasteiger partial charge is 0.0944 e. The van der Waals surface area contributed by atoms with Gasteiger partial charge in [0.2, 0.25) is 0 Å². The Morgan fingerprint density at radius 1 is 0.696 bits per heavy atom. The van der Waals surface area contributed by atoms with Crippen molar-refractivity contribution < 1.29 is 9.78 Å². The summed E-state index contributed by atoms with van der Waals surface area (Å²) in [6.45, 7) is 5.36. The van der Waals surface area contributed by atoms with Crippen LogP contribution in [0.4, 0.5) is 0 Å². The van der Waals surface area contributed by atoms with Gasteiger partial charge in [-0.2, -0.15) is 0 Å². The molecule has 0 saturated carbocycles. The minimum absolute atomic E-state index is 0.193. The molecular formula is C20H43NO2. The van der Waals surface area contributed by atoms with Crippen LogP contribution in [0.15, 0.2) is 0 Å².